The van der Waals surface area contributed by atoms with E-state index in [2.05, 4.69) is 16.3 Å². The molecular formula is C14H16ClN3. The Balaban J connectivity index is 1.79. The third kappa shape index (κ3) is 2.41. The number of halogens is 1. The zero-order chi connectivity index (χ0) is 12.4. The summed E-state index contributed by atoms with van der Waals surface area (Å²) in [5, 5.41) is 4.97. The fourth-order valence-corrected chi connectivity index (χ4v) is 2.89. The number of rotatable bonds is 3. The van der Waals surface area contributed by atoms with Gasteiger partial charge in [0, 0.05) is 30.1 Å². The lowest BCUT2D eigenvalue weighted by Gasteiger charge is -2.08. The Kier molecular flexibility index (Phi) is 3.33. The average Bonchev–Trinajstić information content (AvgIpc) is 3.02. The van der Waals surface area contributed by atoms with Crippen molar-refractivity contribution in [1.82, 2.24) is 14.8 Å². The summed E-state index contributed by atoms with van der Waals surface area (Å²) >= 11 is 6.09. The van der Waals surface area contributed by atoms with E-state index >= 15 is 0 Å². The molecule has 1 aliphatic rings. The molecule has 0 spiro atoms. The minimum Gasteiger partial charge on any atom is -0.272 e. The Morgan fingerprint density at radius 2 is 2.17 bits per heavy atom. The molecule has 0 atom stereocenters. The molecule has 1 fully saturated rings. The van der Waals surface area contributed by atoms with E-state index in [0.29, 0.717) is 5.15 Å². The minimum atomic E-state index is 0.540. The van der Waals surface area contributed by atoms with Gasteiger partial charge in [-0.25, -0.2) is 4.98 Å². The number of hydrogen-bond acceptors (Lipinski definition) is 2. The van der Waals surface area contributed by atoms with Crippen LogP contribution in [0, 0.1) is 5.92 Å². The highest BCUT2D eigenvalue weighted by atomic mass is 35.5. The van der Waals surface area contributed by atoms with Gasteiger partial charge in [-0.15, -0.1) is 0 Å². The molecule has 2 heterocycles. The van der Waals surface area contributed by atoms with Crippen LogP contribution < -0.4 is 0 Å². The zero-order valence-corrected chi connectivity index (χ0v) is 11.0. The second kappa shape index (κ2) is 5.11. The Hall–Kier alpha value is -1.35. The molecule has 1 aliphatic carbocycles. The first-order valence-electron chi connectivity index (χ1n) is 6.46. The minimum absolute atomic E-state index is 0.540. The van der Waals surface area contributed by atoms with Gasteiger partial charge in [-0.05, 0) is 30.9 Å². The largest absolute Gasteiger partial charge is 0.272 e. The molecule has 94 valence electrons. The molecule has 0 unspecified atom stereocenters. The molecule has 0 aromatic carbocycles. The van der Waals surface area contributed by atoms with Crippen LogP contribution in [0.3, 0.4) is 0 Å². The molecule has 0 aliphatic heterocycles. The highest BCUT2D eigenvalue weighted by Crippen LogP contribution is 2.28. The van der Waals surface area contributed by atoms with Gasteiger partial charge in [0.05, 0.1) is 6.20 Å². The van der Waals surface area contributed by atoms with E-state index in [0.717, 1.165) is 23.6 Å². The summed E-state index contributed by atoms with van der Waals surface area (Å²) in [5.41, 5.74) is 2.00. The van der Waals surface area contributed by atoms with Gasteiger partial charge in [0.2, 0.25) is 0 Å². The summed E-state index contributed by atoms with van der Waals surface area (Å²) < 4.78 is 2.04. The van der Waals surface area contributed by atoms with E-state index in [9.17, 15) is 0 Å². The SMILES string of the molecule is Clc1ncccc1-c1cnn(CC2CCCC2)c1. The van der Waals surface area contributed by atoms with E-state index in [4.69, 9.17) is 11.6 Å². The summed E-state index contributed by atoms with van der Waals surface area (Å²) in [6, 6.07) is 3.88. The monoisotopic (exact) mass is 261 g/mol. The van der Waals surface area contributed by atoms with Gasteiger partial charge in [-0.3, -0.25) is 4.68 Å². The highest BCUT2D eigenvalue weighted by Gasteiger charge is 2.16. The Bertz CT molecular complexity index is 529. The molecule has 0 amide bonds. The topological polar surface area (TPSA) is 30.7 Å². The van der Waals surface area contributed by atoms with Crippen molar-refractivity contribution in [3.63, 3.8) is 0 Å². The molecule has 2 aromatic rings. The summed E-state index contributed by atoms with van der Waals surface area (Å²) in [4.78, 5) is 4.10. The van der Waals surface area contributed by atoms with Crippen LogP contribution in [-0.2, 0) is 6.54 Å². The van der Waals surface area contributed by atoms with Crippen molar-refractivity contribution in [2.24, 2.45) is 5.92 Å². The van der Waals surface area contributed by atoms with Crippen molar-refractivity contribution in [1.29, 1.82) is 0 Å². The van der Waals surface area contributed by atoms with Crippen LogP contribution in [-0.4, -0.2) is 14.8 Å². The van der Waals surface area contributed by atoms with Crippen molar-refractivity contribution < 1.29 is 0 Å². The smallest absolute Gasteiger partial charge is 0.136 e. The predicted molar refractivity (Wildman–Crippen MR) is 72.4 cm³/mol. The normalized spacial score (nSPS) is 16.3. The molecule has 1 saturated carbocycles. The van der Waals surface area contributed by atoms with Crippen LogP contribution >= 0.6 is 11.6 Å². The number of nitrogens with zero attached hydrogens (tertiary/aromatic N) is 3. The van der Waals surface area contributed by atoms with Crippen LogP contribution in [0.2, 0.25) is 5.15 Å². The maximum absolute atomic E-state index is 6.09. The molecule has 0 radical (unpaired) electrons. The third-order valence-corrected chi connectivity index (χ3v) is 3.92. The van der Waals surface area contributed by atoms with Gasteiger partial charge >= 0.3 is 0 Å². The number of hydrogen-bond donors (Lipinski definition) is 0. The maximum Gasteiger partial charge on any atom is 0.136 e. The standard InChI is InChI=1S/C14H16ClN3/c15-14-13(6-3-7-16-14)12-8-17-18(10-12)9-11-4-1-2-5-11/h3,6-8,10-11H,1-2,4-5,9H2. The summed E-state index contributed by atoms with van der Waals surface area (Å²) in [7, 11) is 0. The zero-order valence-electron chi connectivity index (χ0n) is 10.2. The Labute approximate surface area is 112 Å². The van der Waals surface area contributed by atoms with Crippen molar-refractivity contribution >= 4 is 11.6 Å². The van der Waals surface area contributed by atoms with E-state index in [1.54, 1.807) is 6.20 Å². The second-order valence-corrected chi connectivity index (χ2v) is 5.30. The van der Waals surface area contributed by atoms with Crippen LogP contribution in [0.1, 0.15) is 25.7 Å². The van der Waals surface area contributed by atoms with E-state index in [-0.39, 0.29) is 0 Å². The van der Waals surface area contributed by atoms with E-state index < -0.39 is 0 Å². The van der Waals surface area contributed by atoms with Gasteiger partial charge in [-0.1, -0.05) is 24.4 Å². The summed E-state index contributed by atoms with van der Waals surface area (Å²) in [6.07, 6.45) is 11.1. The lowest BCUT2D eigenvalue weighted by Crippen LogP contribution is -2.07. The molecular weight excluding hydrogens is 246 g/mol. The molecule has 0 bridgehead atoms. The first-order chi connectivity index (χ1) is 8.83. The molecule has 0 saturated heterocycles. The first-order valence-corrected chi connectivity index (χ1v) is 6.84. The Morgan fingerprint density at radius 1 is 1.33 bits per heavy atom. The third-order valence-electron chi connectivity index (χ3n) is 3.62. The van der Waals surface area contributed by atoms with Crippen molar-refractivity contribution in [3.05, 3.63) is 35.9 Å². The molecule has 18 heavy (non-hydrogen) atoms. The Morgan fingerprint density at radius 3 is 2.94 bits per heavy atom. The van der Waals surface area contributed by atoms with Crippen molar-refractivity contribution in [2.45, 2.75) is 32.2 Å². The van der Waals surface area contributed by atoms with Gasteiger partial charge in [0.1, 0.15) is 5.15 Å². The molecule has 4 heteroatoms. The van der Waals surface area contributed by atoms with E-state index in [1.807, 2.05) is 23.0 Å². The van der Waals surface area contributed by atoms with Crippen LogP contribution in [0.4, 0.5) is 0 Å². The number of aromatic nitrogens is 3. The molecule has 2 aromatic heterocycles. The first kappa shape index (κ1) is 11.7. The van der Waals surface area contributed by atoms with Gasteiger partial charge in [0.15, 0.2) is 0 Å². The van der Waals surface area contributed by atoms with Gasteiger partial charge in [0.25, 0.3) is 0 Å². The molecule has 3 rings (SSSR count). The quantitative estimate of drug-likeness (QED) is 0.787. The second-order valence-electron chi connectivity index (χ2n) is 4.94. The predicted octanol–water partition coefficient (Wildman–Crippen LogP) is 3.79. The van der Waals surface area contributed by atoms with Crippen molar-refractivity contribution in [2.75, 3.05) is 0 Å². The van der Waals surface area contributed by atoms with Crippen LogP contribution in [0.5, 0.6) is 0 Å². The number of pyridine rings is 1. The molecule has 3 nitrogen and oxygen atoms in total. The lowest BCUT2D eigenvalue weighted by atomic mass is 10.1. The van der Waals surface area contributed by atoms with Crippen LogP contribution in [0.25, 0.3) is 11.1 Å². The molecule has 0 N–H and O–H groups in total. The fraction of sp³-hybridized carbons (Fsp3) is 0.429. The highest BCUT2D eigenvalue weighted by molar-refractivity contribution is 6.32. The van der Waals surface area contributed by atoms with E-state index in [1.165, 1.54) is 25.7 Å². The van der Waals surface area contributed by atoms with Crippen LogP contribution in [0.15, 0.2) is 30.7 Å². The average molecular weight is 262 g/mol. The van der Waals surface area contributed by atoms with Gasteiger partial charge in [-0.2, -0.15) is 5.10 Å². The van der Waals surface area contributed by atoms with Crippen molar-refractivity contribution in [3.8, 4) is 11.1 Å². The lowest BCUT2D eigenvalue weighted by molar-refractivity contribution is 0.429. The van der Waals surface area contributed by atoms with Gasteiger partial charge < -0.3 is 0 Å². The maximum atomic E-state index is 6.09. The summed E-state index contributed by atoms with van der Waals surface area (Å²) in [5.74, 6) is 0.794. The summed E-state index contributed by atoms with van der Waals surface area (Å²) in [6.45, 7) is 1.03. The fourth-order valence-electron chi connectivity index (χ4n) is 2.66.